The molecule has 0 spiro atoms. The maximum atomic E-state index is 11.8. The van der Waals surface area contributed by atoms with Gasteiger partial charge in [-0.2, -0.15) is 0 Å². The number of imide groups is 1. The van der Waals surface area contributed by atoms with E-state index < -0.39 is 11.6 Å². The van der Waals surface area contributed by atoms with Gasteiger partial charge in [-0.05, 0) is 18.1 Å². The van der Waals surface area contributed by atoms with E-state index in [-0.39, 0.29) is 11.8 Å². The van der Waals surface area contributed by atoms with Gasteiger partial charge >= 0.3 is 6.03 Å². The molecule has 5 heteroatoms. The van der Waals surface area contributed by atoms with E-state index in [2.05, 4.69) is 10.6 Å². The number of rotatable bonds is 3. The van der Waals surface area contributed by atoms with E-state index in [1.807, 2.05) is 13.8 Å². The SMILES string of the molecule is CC(C)C1(Cc2ccco2)NC(=O)NC1=O. The molecule has 0 bridgehead atoms. The zero-order valence-electron chi connectivity index (χ0n) is 9.24. The van der Waals surface area contributed by atoms with Crippen molar-refractivity contribution in [3.8, 4) is 0 Å². The molecule has 16 heavy (non-hydrogen) atoms. The molecule has 1 unspecified atom stereocenters. The van der Waals surface area contributed by atoms with Crippen LogP contribution in [0.5, 0.6) is 0 Å². The van der Waals surface area contributed by atoms with Gasteiger partial charge in [0.2, 0.25) is 0 Å². The first-order valence-electron chi connectivity index (χ1n) is 5.20. The lowest BCUT2D eigenvalue weighted by Gasteiger charge is -2.29. The van der Waals surface area contributed by atoms with Gasteiger partial charge in [-0.3, -0.25) is 10.1 Å². The number of carbonyl (C=O) groups is 2. The summed E-state index contributed by atoms with van der Waals surface area (Å²) in [5, 5.41) is 4.97. The van der Waals surface area contributed by atoms with Crippen molar-refractivity contribution in [1.29, 1.82) is 0 Å². The Morgan fingerprint density at radius 3 is 2.62 bits per heavy atom. The van der Waals surface area contributed by atoms with Crippen molar-refractivity contribution in [3.63, 3.8) is 0 Å². The fraction of sp³-hybridized carbons (Fsp3) is 0.455. The Hall–Kier alpha value is -1.78. The van der Waals surface area contributed by atoms with Gasteiger partial charge in [0.1, 0.15) is 11.3 Å². The molecule has 1 fully saturated rings. The van der Waals surface area contributed by atoms with Crippen LogP contribution in [0.25, 0.3) is 0 Å². The topological polar surface area (TPSA) is 71.3 Å². The van der Waals surface area contributed by atoms with Crippen molar-refractivity contribution in [2.45, 2.75) is 25.8 Å². The smallest absolute Gasteiger partial charge is 0.322 e. The summed E-state index contributed by atoms with van der Waals surface area (Å²) in [7, 11) is 0. The van der Waals surface area contributed by atoms with E-state index in [1.54, 1.807) is 18.4 Å². The third-order valence-corrected chi connectivity index (χ3v) is 2.99. The average Bonchev–Trinajstić information content (AvgIpc) is 2.76. The molecule has 1 saturated heterocycles. The second-order valence-corrected chi connectivity index (χ2v) is 4.29. The van der Waals surface area contributed by atoms with Gasteiger partial charge in [-0.15, -0.1) is 0 Å². The molecule has 0 aromatic carbocycles. The molecule has 3 amide bonds. The van der Waals surface area contributed by atoms with Crippen LogP contribution >= 0.6 is 0 Å². The maximum Gasteiger partial charge on any atom is 0.322 e. The highest BCUT2D eigenvalue weighted by Gasteiger charge is 2.49. The summed E-state index contributed by atoms with van der Waals surface area (Å²) in [4.78, 5) is 23.1. The number of urea groups is 1. The summed E-state index contributed by atoms with van der Waals surface area (Å²) >= 11 is 0. The summed E-state index contributed by atoms with van der Waals surface area (Å²) in [5.41, 5.74) is -0.894. The number of hydrogen-bond donors (Lipinski definition) is 2. The van der Waals surface area contributed by atoms with Gasteiger partial charge < -0.3 is 9.73 Å². The van der Waals surface area contributed by atoms with Crippen LogP contribution in [0.15, 0.2) is 22.8 Å². The predicted molar refractivity (Wildman–Crippen MR) is 56.7 cm³/mol. The number of carbonyl (C=O) groups excluding carboxylic acids is 2. The van der Waals surface area contributed by atoms with Crippen LogP contribution in [0.2, 0.25) is 0 Å². The van der Waals surface area contributed by atoms with Crippen molar-refractivity contribution >= 4 is 11.9 Å². The van der Waals surface area contributed by atoms with Crippen molar-refractivity contribution in [2.24, 2.45) is 5.92 Å². The maximum absolute atomic E-state index is 11.8. The minimum atomic E-state index is -0.894. The summed E-state index contributed by atoms with van der Waals surface area (Å²) < 4.78 is 5.22. The average molecular weight is 222 g/mol. The Bertz CT molecular complexity index is 411. The monoisotopic (exact) mass is 222 g/mol. The lowest BCUT2D eigenvalue weighted by atomic mass is 9.82. The number of hydrogen-bond acceptors (Lipinski definition) is 3. The molecule has 0 radical (unpaired) electrons. The number of nitrogens with one attached hydrogen (secondary N) is 2. The van der Waals surface area contributed by atoms with Crippen LogP contribution in [0, 0.1) is 5.92 Å². The quantitative estimate of drug-likeness (QED) is 0.751. The summed E-state index contributed by atoms with van der Waals surface area (Å²) in [6.07, 6.45) is 1.92. The van der Waals surface area contributed by atoms with Crippen LogP contribution in [-0.4, -0.2) is 17.5 Å². The molecule has 2 N–H and O–H groups in total. The van der Waals surface area contributed by atoms with Gasteiger partial charge in [0.15, 0.2) is 0 Å². The third kappa shape index (κ3) is 1.58. The molecule has 2 heterocycles. The van der Waals surface area contributed by atoms with Crippen molar-refractivity contribution in [3.05, 3.63) is 24.2 Å². The molecule has 1 aliphatic rings. The van der Waals surface area contributed by atoms with E-state index in [4.69, 9.17) is 4.42 Å². The number of amides is 3. The normalized spacial score (nSPS) is 24.7. The first kappa shape index (κ1) is 10.7. The van der Waals surface area contributed by atoms with Crippen molar-refractivity contribution in [2.75, 3.05) is 0 Å². The Kier molecular flexibility index (Phi) is 2.46. The third-order valence-electron chi connectivity index (χ3n) is 2.99. The molecular weight excluding hydrogens is 208 g/mol. The van der Waals surface area contributed by atoms with Crippen LogP contribution < -0.4 is 10.6 Å². The second-order valence-electron chi connectivity index (χ2n) is 4.29. The fourth-order valence-electron chi connectivity index (χ4n) is 1.93. The Morgan fingerprint density at radius 2 is 2.19 bits per heavy atom. The number of furan rings is 1. The van der Waals surface area contributed by atoms with Crippen molar-refractivity contribution < 1.29 is 14.0 Å². The van der Waals surface area contributed by atoms with Crippen LogP contribution in [0.1, 0.15) is 19.6 Å². The minimum Gasteiger partial charge on any atom is -0.469 e. The second kappa shape index (κ2) is 3.66. The summed E-state index contributed by atoms with van der Waals surface area (Å²) in [6.45, 7) is 3.79. The van der Waals surface area contributed by atoms with Gasteiger partial charge in [0.25, 0.3) is 5.91 Å². The minimum absolute atomic E-state index is 0.0101. The van der Waals surface area contributed by atoms with E-state index >= 15 is 0 Å². The lowest BCUT2D eigenvalue weighted by molar-refractivity contribution is -0.125. The summed E-state index contributed by atoms with van der Waals surface area (Å²) in [6, 6.07) is 3.12. The highest BCUT2D eigenvalue weighted by atomic mass is 16.3. The first-order chi connectivity index (χ1) is 7.54. The van der Waals surface area contributed by atoms with Crippen LogP contribution in [-0.2, 0) is 11.2 Å². The van der Waals surface area contributed by atoms with Gasteiger partial charge in [0, 0.05) is 6.42 Å². The van der Waals surface area contributed by atoms with Gasteiger partial charge in [0.05, 0.1) is 6.26 Å². The molecule has 5 nitrogen and oxygen atoms in total. The predicted octanol–water partition coefficient (Wildman–Crippen LogP) is 1.06. The molecule has 2 rings (SSSR count). The zero-order chi connectivity index (χ0) is 11.8. The first-order valence-corrected chi connectivity index (χ1v) is 5.20. The van der Waals surface area contributed by atoms with Crippen LogP contribution in [0.3, 0.4) is 0 Å². The van der Waals surface area contributed by atoms with Crippen LogP contribution in [0.4, 0.5) is 4.79 Å². The van der Waals surface area contributed by atoms with E-state index in [1.165, 1.54) is 0 Å². The molecule has 1 aliphatic heterocycles. The Morgan fingerprint density at radius 1 is 1.44 bits per heavy atom. The molecule has 0 saturated carbocycles. The van der Waals surface area contributed by atoms with Gasteiger partial charge in [-0.25, -0.2) is 4.79 Å². The Labute approximate surface area is 93.2 Å². The van der Waals surface area contributed by atoms with E-state index in [9.17, 15) is 9.59 Å². The fourth-order valence-corrected chi connectivity index (χ4v) is 1.93. The molecule has 1 aromatic rings. The molecule has 1 aromatic heterocycles. The molecule has 0 aliphatic carbocycles. The molecule has 86 valence electrons. The summed E-state index contributed by atoms with van der Waals surface area (Å²) in [5.74, 6) is 0.388. The standard InChI is InChI=1S/C11H14N2O3/c1-7(2)11(6-8-4-3-5-16-8)9(14)12-10(15)13-11/h3-5,7H,6H2,1-2H3,(H2,12,13,14,15). The lowest BCUT2D eigenvalue weighted by Crippen LogP contribution is -2.53. The molecular formula is C11H14N2O3. The zero-order valence-corrected chi connectivity index (χ0v) is 9.24. The van der Waals surface area contributed by atoms with Gasteiger partial charge in [-0.1, -0.05) is 13.8 Å². The van der Waals surface area contributed by atoms with Crippen molar-refractivity contribution in [1.82, 2.24) is 10.6 Å². The van der Waals surface area contributed by atoms with E-state index in [0.717, 1.165) is 0 Å². The molecule has 1 atom stereocenters. The highest BCUT2D eigenvalue weighted by molar-refractivity contribution is 6.07. The Balaban J connectivity index is 2.30. The highest BCUT2D eigenvalue weighted by Crippen LogP contribution is 2.26. The van der Waals surface area contributed by atoms with E-state index in [0.29, 0.717) is 12.2 Å². The largest absolute Gasteiger partial charge is 0.469 e.